The van der Waals surface area contributed by atoms with E-state index in [0.717, 1.165) is 24.8 Å². The second-order valence-electron chi connectivity index (χ2n) is 5.62. The molecule has 0 aromatic heterocycles. The lowest BCUT2D eigenvalue weighted by atomic mass is 9.88. The number of aryl methyl sites for hydroxylation is 1. The molecule has 0 saturated heterocycles. The van der Waals surface area contributed by atoms with Gasteiger partial charge in [0.05, 0.1) is 11.0 Å². The molecule has 2 rings (SSSR count). The minimum atomic E-state index is -3.05. The van der Waals surface area contributed by atoms with E-state index in [0.29, 0.717) is 5.75 Å². The molecule has 0 unspecified atom stereocenters. The molecule has 2 N–H and O–H groups in total. The maximum Gasteiger partial charge on any atom is 0.155 e. The highest BCUT2D eigenvalue weighted by Crippen LogP contribution is 2.30. The summed E-state index contributed by atoms with van der Waals surface area (Å²) in [7, 11) is -3.05. The van der Waals surface area contributed by atoms with E-state index in [-0.39, 0.29) is 23.7 Å². The van der Waals surface area contributed by atoms with Gasteiger partial charge in [-0.3, -0.25) is 0 Å². The molecule has 4 nitrogen and oxygen atoms in total. The van der Waals surface area contributed by atoms with E-state index in [1.165, 1.54) is 5.56 Å². The number of benzene rings is 1. The first-order chi connectivity index (χ1) is 9.40. The summed E-state index contributed by atoms with van der Waals surface area (Å²) in [4.78, 5) is 0. The number of rotatable bonds is 5. The van der Waals surface area contributed by atoms with Gasteiger partial charge in [0.15, 0.2) is 9.84 Å². The van der Waals surface area contributed by atoms with Crippen molar-refractivity contribution in [3.8, 4) is 5.75 Å². The maximum absolute atomic E-state index is 11.7. The van der Waals surface area contributed by atoms with Crippen LogP contribution in [0.25, 0.3) is 0 Å². The first-order valence-corrected chi connectivity index (χ1v) is 8.84. The molecule has 1 aliphatic rings. The zero-order valence-corrected chi connectivity index (χ0v) is 12.9. The summed E-state index contributed by atoms with van der Waals surface area (Å²) in [6.07, 6.45) is 3.18. The second kappa shape index (κ2) is 6.14. The third kappa shape index (κ3) is 3.52. The summed E-state index contributed by atoms with van der Waals surface area (Å²) in [6, 6.07) is 5.97. The molecule has 0 amide bonds. The highest BCUT2D eigenvalue weighted by Gasteiger charge is 2.18. The SMILES string of the molecule is CC(C)S(=O)(=O)CCOc1ccc2c(c1)[C@@H](N)CCC2. The third-order valence-corrected chi connectivity index (χ3v) is 6.01. The topological polar surface area (TPSA) is 69.4 Å². The Morgan fingerprint density at radius 1 is 1.40 bits per heavy atom. The Morgan fingerprint density at radius 2 is 2.15 bits per heavy atom. The molecule has 1 aromatic carbocycles. The third-order valence-electron chi connectivity index (χ3n) is 3.83. The van der Waals surface area contributed by atoms with Gasteiger partial charge in [-0.15, -0.1) is 0 Å². The van der Waals surface area contributed by atoms with Crippen LogP contribution in [-0.2, 0) is 16.3 Å². The summed E-state index contributed by atoms with van der Waals surface area (Å²) < 4.78 is 29.0. The molecule has 0 spiro atoms. The van der Waals surface area contributed by atoms with Crippen LogP contribution in [0.1, 0.15) is 43.9 Å². The van der Waals surface area contributed by atoms with E-state index < -0.39 is 9.84 Å². The monoisotopic (exact) mass is 297 g/mol. The standard InChI is InChI=1S/C15H23NO3S/c1-11(2)20(17,18)9-8-19-13-7-6-12-4-3-5-15(16)14(12)10-13/h6-7,10-11,15H,3-5,8-9,16H2,1-2H3/t15-/m0/s1. The molecular weight excluding hydrogens is 274 g/mol. The highest BCUT2D eigenvalue weighted by atomic mass is 32.2. The lowest BCUT2D eigenvalue weighted by Gasteiger charge is -2.22. The number of hydrogen-bond donors (Lipinski definition) is 1. The van der Waals surface area contributed by atoms with Crippen molar-refractivity contribution in [3.63, 3.8) is 0 Å². The van der Waals surface area contributed by atoms with Crippen LogP contribution in [0.5, 0.6) is 5.75 Å². The maximum atomic E-state index is 11.7. The van der Waals surface area contributed by atoms with Crippen molar-refractivity contribution in [1.29, 1.82) is 0 Å². The van der Waals surface area contributed by atoms with Gasteiger partial charge < -0.3 is 10.5 Å². The molecular formula is C15H23NO3S. The number of sulfone groups is 1. The number of nitrogens with two attached hydrogens (primary N) is 1. The Bertz CT molecular complexity index is 566. The smallest absolute Gasteiger partial charge is 0.155 e. The molecule has 0 fully saturated rings. The Kier molecular flexibility index (Phi) is 4.70. The lowest BCUT2D eigenvalue weighted by Crippen LogP contribution is -2.22. The van der Waals surface area contributed by atoms with Crippen LogP contribution in [0.15, 0.2) is 18.2 Å². The predicted molar refractivity (Wildman–Crippen MR) is 80.7 cm³/mol. The largest absolute Gasteiger partial charge is 0.493 e. The van der Waals surface area contributed by atoms with Crippen LogP contribution in [0.4, 0.5) is 0 Å². The molecule has 5 heteroatoms. The first-order valence-electron chi connectivity index (χ1n) is 7.13. The van der Waals surface area contributed by atoms with Gasteiger partial charge >= 0.3 is 0 Å². The van der Waals surface area contributed by atoms with Crippen LogP contribution in [0.2, 0.25) is 0 Å². The molecule has 20 heavy (non-hydrogen) atoms. The van der Waals surface area contributed by atoms with E-state index in [4.69, 9.17) is 10.5 Å². The predicted octanol–water partition coefficient (Wildman–Crippen LogP) is 2.22. The van der Waals surface area contributed by atoms with Gasteiger partial charge in [0, 0.05) is 6.04 Å². The number of ether oxygens (including phenoxy) is 1. The van der Waals surface area contributed by atoms with Crippen LogP contribution in [0, 0.1) is 0 Å². The fraction of sp³-hybridized carbons (Fsp3) is 0.600. The fourth-order valence-electron chi connectivity index (χ4n) is 2.41. The first kappa shape index (κ1) is 15.3. The average Bonchev–Trinajstić information content (AvgIpc) is 2.39. The van der Waals surface area contributed by atoms with Crippen LogP contribution in [0.3, 0.4) is 0 Å². The molecule has 1 aromatic rings. The second-order valence-corrected chi connectivity index (χ2v) is 8.30. The van der Waals surface area contributed by atoms with E-state index in [2.05, 4.69) is 0 Å². The van der Waals surface area contributed by atoms with Crippen LogP contribution in [-0.4, -0.2) is 26.0 Å². The quantitative estimate of drug-likeness (QED) is 0.905. The Balaban J connectivity index is 1.99. The van der Waals surface area contributed by atoms with E-state index in [1.54, 1.807) is 13.8 Å². The Morgan fingerprint density at radius 3 is 2.85 bits per heavy atom. The van der Waals surface area contributed by atoms with Crippen molar-refractivity contribution in [2.45, 2.75) is 44.4 Å². The van der Waals surface area contributed by atoms with Gasteiger partial charge in [-0.2, -0.15) is 0 Å². The van der Waals surface area contributed by atoms with Crippen molar-refractivity contribution in [3.05, 3.63) is 29.3 Å². The van der Waals surface area contributed by atoms with Gasteiger partial charge in [-0.05, 0) is 56.4 Å². The van der Waals surface area contributed by atoms with Crippen LogP contribution >= 0.6 is 0 Å². The van der Waals surface area contributed by atoms with E-state index in [9.17, 15) is 8.42 Å². The Labute approximate surface area is 121 Å². The molecule has 0 saturated carbocycles. The molecule has 0 bridgehead atoms. The summed E-state index contributed by atoms with van der Waals surface area (Å²) in [5.41, 5.74) is 8.52. The summed E-state index contributed by atoms with van der Waals surface area (Å²) >= 11 is 0. The van der Waals surface area contributed by atoms with Crippen molar-refractivity contribution < 1.29 is 13.2 Å². The Hall–Kier alpha value is -1.07. The molecule has 112 valence electrons. The van der Waals surface area contributed by atoms with Crippen molar-refractivity contribution >= 4 is 9.84 Å². The van der Waals surface area contributed by atoms with Gasteiger partial charge in [0.1, 0.15) is 12.4 Å². The average molecular weight is 297 g/mol. The molecule has 1 atom stereocenters. The molecule has 0 aliphatic heterocycles. The lowest BCUT2D eigenvalue weighted by molar-refractivity contribution is 0.339. The minimum Gasteiger partial charge on any atom is -0.493 e. The number of hydrogen-bond acceptors (Lipinski definition) is 4. The molecule has 0 heterocycles. The number of fused-ring (bicyclic) bond motifs is 1. The van der Waals surface area contributed by atoms with Gasteiger partial charge in [0.25, 0.3) is 0 Å². The summed E-state index contributed by atoms with van der Waals surface area (Å²) in [5, 5.41) is -0.358. The van der Waals surface area contributed by atoms with Crippen molar-refractivity contribution in [1.82, 2.24) is 0 Å². The normalized spacial score (nSPS) is 18.9. The van der Waals surface area contributed by atoms with Gasteiger partial charge in [0.2, 0.25) is 0 Å². The minimum absolute atomic E-state index is 0.0494. The molecule has 0 radical (unpaired) electrons. The van der Waals surface area contributed by atoms with Crippen LogP contribution < -0.4 is 10.5 Å². The fourth-order valence-corrected chi connectivity index (χ4v) is 3.20. The zero-order chi connectivity index (χ0) is 14.8. The van der Waals surface area contributed by atoms with Gasteiger partial charge in [-0.25, -0.2) is 8.42 Å². The van der Waals surface area contributed by atoms with E-state index in [1.807, 2.05) is 18.2 Å². The summed E-state index contributed by atoms with van der Waals surface area (Å²) in [6.45, 7) is 3.56. The van der Waals surface area contributed by atoms with Crippen molar-refractivity contribution in [2.75, 3.05) is 12.4 Å². The summed E-state index contributed by atoms with van der Waals surface area (Å²) in [5.74, 6) is 0.758. The molecule has 1 aliphatic carbocycles. The highest BCUT2D eigenvalue weighted by molar-refractivity contribution is 7.91. The zero-order valence-electron chi connectivity index (χ0n) is 12.1. The van der Waals surface area contributed by atoms with Gasteiger partial charge in [-0.1, -0.05) is 6.07 Å². The van der Waals surface area contributed by atoms with Crippen molar-refractivity contribution in [2.24, 2.45) is 5.73 Å². The van der Waals surface area contributed by atoms with E-state index >= 15 is 0 Å².